The van der Waals surface area contributed by atoms with E-state index in [1.54, 1.807) is 0 Å². The SMILES string of the molecule is CCCCCCCCCCCCCCCCCCC/C=C\C(C)CC([P+](=O)[O-])[N+](C)(C)C. The summed E-state index contributed by atoms with van der Waals surface area (Å²) in [6.07, 6.45) is 30.3. The van der Waals surface area contributed by atoms with Crippen molar-refractivity contribution < 1.29 is 13.9 Å². The van der Waals surface area contributed by atoms with Gasteiger partial charge in [0.15, 0.2) is 0 Å². The van der Waals surface area contributed by atoms with Crippen LogP contribution in [0.4, 0.5) is 0 Å². The summed E-state index contributed by atoms with van der Waals surface area (Å²) in [5.74, 6) is 0.0148. The summed E-state index contributed by atoms with van der Waals surface area (Å²) in [6, 6.07) is 0. The minimum absolute atomic E-state index is 0.301. The number of rotatable bonds is 23. The number of hydrogen-bond donors (Lipinski definition) is 0. The molecular weight excluding hydrogens is 413 g/mol. The minimum Gasteiger partial charge on any atom is -0.591 e. The second-order valence-corrected chi connectivity index (χ2v) is 12.1. The normalized spacial score (nSPS) is 14.8. The van der Waals surface area contributed by atoms with Crippen LogP contribution < -0.4 is 4.89 Å². The molecule has 0 aromatic rings. The fourth-order valence-corrected chi connectivity index (χ4v) is 5.48. The molecule has 0 aromatic heterocycles. The Balaban J connectivity index is 3.44. The van der Waals surface area contributed by atoms with Crippen LogP contribution in [0.3, 0.4) is 0 Å². The standard InChI is InChI=1S/C28H57NO2P/c1-6-7-8-9-10-11-12-13-14-15-16-17-18-19-20-21-22-23-24-25-27(2)26-28(32(30)31)29(3,4)5/h24-25,27-28H,6-23,26H2,1-5H3/q+1/b25-24-. The molecule has 0 N–H and O–H groups in total. The molecule has 0 radical (unpaired) electrons. The molecule has 0 bridgehead atoms. The van der Waals surface area contributed by atoms with Gasteiger partial charge in [-0.15, -0.1) is 0 Å². The van der Waals surface area contributed by atoms with Gasteiger partial charge in [0, 0.05) is 0 Å². The minimum atomic E-state index is -2.39. The van der Waals surface area contributed by atoms with Crippen LogP contribution in [0.1, 0.15) is 136 Å². The van der Waals surface area contributed by atoms with Gasteiger partial charge in [-0.3, -0.25) is 4.48 Å². The van der Waals surface area contributed by atoms with E-state index in [-0.39, 0.29) is 5.78 Å². The lowest BCUT2D eigenvalue weighted by Crippen LogP contribution is -2.44. The molecule has 0 saturated carbocycles. The van der Waals surface area contributed by atoms with E-state index in [2.05, 4.69) is 26.0 Å². The molecule has 0 aromatic carbocycles. The molecule has 0 aliphatic rings. The third-order valence-corrected chi connectivity index (χ3v) is 8.05. The molecule has 0 amide bonds. The lowest BCUT2D eigenvalue weighted by molar-refractivity contribution is -0.883. The van der Waals surface area contributed by atoms with Crippen molar-refractivity contribution in [3.8, 4) is 0 Å². The number of unbranched alkanes of at least 4 members (excludes halogenated alkanes) is 17. The summed E-state index contributed by atoms with van der Waals surface area (Å²) in [5, 5.41) is 0. The molecular formula is C28H57NO2P+. The molecule has 32 heavy (non-hydrogen) atoms. The van der Waals surface area contributed by atoms with Gasteiger partial charge < -0.3 is 4.89 Å². The van der Waals surface area contributed by atoms with Gasteiger partial charge in [0.2, 0.25) is 0 Å². The van der Waals surface area contributed by atoms with Crippen molar-refractivity contribution in [2.24, 2.45) is 5.92 Å². The number of quaternary nitrogens is 1. The molecule has 190 valence electrons. The largest absolute Gasteiger partial charge is 0.591 e. The van der Waals surface area contributed by atoms with E-state index in [1.807, 2.05) is 21.1 Å². The number of nitrogens with zero attached hydrogens (tertiary/aromatic N) is 1. The molecule has 0 saturated heterocycles. The van der Waals surface area contributed by atoms with Crippen molar-refractivity contribution in [2.75, 3.05) is 21.1 Å². The highest BCUT2D eigenvalue weighted by molar-refractivity contribution is 7.37. The fraction of sp³-hybridized carbons (Fsp3) is 0.929. The Labute approximate surface area is 202 Å². The fourth-order valence-electron chi connectivity index (χ4n) is 4.41. The van der Waals surface area contributed by atoms with Gasteiger partial charge in [-0.1, -0.05) is 133 Å². The van der Waals surface area contributed by atoms with Crippen molar-refractivity contribution in [3.05, 3.63) is 12.2 Å². The first-order valence-corrected chi connectivity index (χ1v) is 15.1. The second-order valence-electron chi connectivity index (χ2n) is 11.0. The zero-order valence-corrected chi connectivity index (χ0v) is 23.3. The average molecular weight is 471 g/mol. The van der Waals surface area contributed by atoms with Gasteiger partial charge in [0.25, 0.3) is 5.78 Å². The van der Waals surface area contributed by atoms with Crippen LogP contribution >= 0.6 is 8.03 Å². The second kappa shape index (κ2) is 21.3. The molecule has 3 atom stereocenters. The first-order valence-electron chi connectivity index (χ1n) is 13.9. The Morgan fingerprint density at radius 1 is 0.719 bits per heavy atom. The van der Waals surface area contributed by atoms with Crippen molar-refractivity contribution >= 4 is 8.03 Å². The lowest BCUT2D eigenvalue weighted by Gasteiger charge is -2.28. The number of hydrogen-bond acceptors (Lipinski definition) is 2. The summed E-state index contributed by atoms with van der Waals surface area (Å²) >= 11 is 0. The Hall–Kier alpha value is -0.240. The predicted molar refractivity (Wildman–Crippen MR) is 141 cm³/mol. The van der Waals surface area contributed by atoms with E-state index in [9.17, 15) is 9.46 Å². The highest BCUT2D eigenvalue weighted by Crippen LogP contribution is 2.30. The molecule has 0 fully saturated rings. The van der Waals surface area contributed by atoms with Crippen molar-refractivity contribution in [1.29, 1.82) is 0 Å². The predicted octanol–water partition coefficient (Wildman–Crippen LogP) is 8.75. The van der Waals surface area contributed by atoms with Crippen LogP contribution in [-0.4, -0.2) is 31.4 Å². The Kier molecular flexibility index (Phi) is 21.1. The quantitative estimate of drug-likeness (QED) is 0.0648. The maximum absolute atomic E-state index is 11.5. The maximum Gasteiger partial charge on any atom is 0.373 e. The lowest BCUT2D eigenvalue weighted by atomic mass is 10.0. The molecule has 4 heteroatoms. The van der Waals surface area contributed by atoms with Crippen LogP contribution in [-0.2, 0) is 4.57 Å². The molecule has 0 rings (SSSR count). The van der Waals surface area contributed by atoms with Crippen molar-refractivity contribution in [3.63, 3.8) is 0 Å². The summed E-state index contributed by atoms with van der Waals surface area (Å²) in [7, 11) is 3.50. The topological polar surface area (TPSA) is 40.1 Å². The van der Waals surface area contributed by atoms with Crippen LogP contribution in [0.15, 0.2) is 12.2 Å². The van der Waals surface area contributed by atoms with Gasteiger partial charge in [-0.25, -0.2) is 0 Å². The number of allylic oxidation sites excluding steroid dienone is 2. The third-order valence-electron chi connectivity index (χ3n) is 6.66. The summed E-state index contributed by atoms with van der Waals surface area (Å²) in [4.78, 5) is 11.5. The smallest absolute Gasteiger partial charge is 0.373 e. The van der Waals surface area contributed by atoms with E-state index in [0.29, 0.717) is 16.8 Å². The van der Waals surface area contributed by atoms with Gasteiger partial charge in [0.05, 0.1) is 27.6 Å². The Morgan fingerprint density at radius 2 is 1.09 bits per heavy atom. The van der Waals surface area contributed by atoms with Crippen LogP contribution in [0, 0.1) is 5.92 Å². The highest BCUT2D eigenvalue weighted by Gasteiger charge is 2.35. The summed E-state index contributed by atoms with van der Waals surface area (Å²) in [5.41, 5.74) is 0. The summed E-state index contributed by atoms with van der Waals surface area (Å²) in [6.45, 7) is 4.42. The molecule has 0 spiro atoms. The highest BCUT2D eigenvalue weighted by atomic mass is 31.1. The van der Waals surface area contributed by atoms with E-state index in [0.717, 1.165) is 6.42 Å². The van der Waals surface area contributed by atoms with E-state index < -0.39 is 8.03 Å². The molecule has 3 nitrogen and oxygen atoms in total. The Morgan fingerprint density at radius 3 is 1.44 bits per heavy atom. The van der Waals surface area contributed by atoms with Crippen molar-refractivity contribution in [1.82, 2.24) is 0 Å². The molecule has 0 aliphatic carbocycles. The van der Waals surface area contributed by atoms with Crippen LogP contribution in [0.25, 0.3) is 0 Å². The van der Waals surface area contributed by atoms with E-state index in [4.69, 9.17) is 0 Å². The van der Waals surface area contributed by atoms with Gasteiger partial charge in [0.1, 0.15) is 0 Å². The first-order chi connectivity index (χ1) is 15.3. The van der Waals surface area contributed by atoms with Crippen molar-refractivity contribution in [2.45, 2.75) is 142 Å². The maximum atomic E-state index is 11.5. The molecule has 0 aliphatic heterocycles. The van der Waals surface area contributed by atoms with E-state index in [1.165, 1.54) is 109 Å². The monoisotopic (exact) mass is 470 g/mol. The van der Waals surface area contributed by atoms with Crippen LogP contribution in [0.2, 0.25) is 0 Å². The molecule has 3 unspecified atom stereocenters. The van der Waals surface area contributed by atoms with E-state index >= 15 is 0 Å². The van der Waals surface area contributed by atoms with Gasteiger partial charge >= 0.3 is 8.03 Å². The average Bonchev–Trinajstić information content (AvgIpc) is 2.72. The van der Waals surface area contributed by atoms with Gasteiger partial charge in [-0.05, 0) is 18.8 Å². The zero-order valence-electron chi connectivity index (χ0n) is 22.5. The Bertz CT molecular complexity index is 459. The third kappa shape index (κ3) is 20.4. The van der Waals surface area contributed by atoms with Gasteiger partial charge in [-0.2, -0.15) is 0 Å². The van der Waals surface area contributed by atoms with Crippen LogP contribution in [0.5, 0.6) is 0 Å². The summed E-state index contributed by atoms with van der Waals surface area (Å²) < 4.78 is 12.0. The molecule has 0 heterocycles. The first kappa shape index (κ1) is 31.8. The zero-order chi connectivity index (χ0) is 24.1.